The van der Waals surface area contributed by atoms with Crippen LogP contribution in [0.25, 0.3) is 11.0 Å². The molecular weight excluding hydrogens is 344 g/mol. The number of fused-ring (bicyclic) bond motifs is 2. The Kier molecular flexibility index (Phi) is 3.86. The minimum atomic E-state index is -0.176. The van der Waals surface area contributed by atoms with Crippen molar-refractivity contribution in [1.29, 1.82) is 0 Å². The van der Waals surface area contributed by atoms with E-state index in [0.717, 1.165) is 35.9 Å². The van der Waals surface area contributed by atoms with Crippen LogP contribution in [-0.2, 0) is 17.6 Å². The van der Waals surface area contributed by atoms with Crippen LogP contribution in [0.1, 0.15) is 29.5 Å². The fourth-order valence-electron chi connectivity index (χ4n) is 3.93. The number of aromatic nitrogens is 5. The fourth-order valence-corrected chi connectivity index (χ4v) is 3.93. The maximum absolute atomic E-state index is 12.6. The molecule has 3 aromatic rings. The van der Waals surface area contributed by atoms with E-state index in [1.807, 2.05) is 19.1 Å². The van der Waals surface area contributed by atoms with Crippen molar-refractivity contribution in [2.24, 2.45) is 0 Å². The molecule has 4 heterocycles. The topological polar surface area (TPSA) is 94.8 Å². The SMILES string of the molecule is Cc1nc(NC2COCC2n2nc3c(cc2=O)CCC3)c2cccnc2n1. The van der Waals surface area contributed by atoms with Gasteiger partial charge in [0.2, 0.25) is 0 Å². The van der Waals surface area contributed by atoms with Crippen molar-refractivity contribution in [3.8, 4) is 0 Å². The van der Waals surface area contributed by atoms with Crippen LogP contribution in [0.15, 0.2) is 29.2 Å². The first-order chi connectivity index (χ1) is 13.2. The molecule has 27 heavy (non-hydrogen) atoms. The molecule has 0 bridgehead atoms. The highest BCUT2D eigenvalue weighted by Crippen LogP contribution is 2.26. The second-order valence-electron chi connectivity index (χ2n) is 7.10. The van der Waals surface area contributed by atoms with Gasteiger partial charge in [-0.3, -0.25) is 4.79 Å². The first-order valence-corrected chi connectivity index (χ1v) is 9.24. The Morgan fingerprint density at radius 3 is 3.11 bits per heavy atom. The third kappa shape index (κ3) is 2.86. The Balaban J connectivity index is 1.51. The Morgan fingerprint density at radius 2 is 2.19 bits per heavy atom. The van der Waals surface area contributed by atoms with Gasteiger partial charge in [-0.25, -0.2) is 19.6 Å². The third-order valence-corrected chi connectivity index (χ3v) is 5.25. The van der Waals surface area contributed by atoms with E-state index in [1.54, 1.807) is 16.9 Å². The molecule has 0 saturated carbocycles. The Hall–Kier alpha value is -2.87. The summed E-state index contributed by atoms with van der Waals surface area (Å²) in [6.07, 6.45) is 4.66. The van der Waals surface area contributed by atoms with Crippen LogP contribution >= 0.6 is 0 Å². The molecule has 8 heteroatoms. The highest BCUT2D eigenvalue weighted by atomic mass is 16.5. The predicted molar refractivity (Wildman–Crippen MR) is 99.9 cm³/mol. The molecule has 3 aromatic heterocycles. The van der Waals surface area contributed by atoms with Gasteiger partial charge in [0.25, 0.3) is 5.56 Å². The molecule has 2 unspecified atom stereocenters. The van der Waals surface area contributed by atoms with Crippen LogP contribution in [0.2, 0.25) is 0 Å². The standard InChI is InChI=1S/C19H20N6O2/c1-11-21-18-13(5-3-7-20-18)19(22-11)23-15-9-27-10-16(15)25-17(26)8-12-4-2-6-14(12)24-25/h3,5,7-8,15-16H,2,4,6,9-10H2,1H3,(H,20,21,22,23). The van der Waals surface area contributed by atoms with Gasteiger partial charge in [0.05, 0.1) is 30.3 Å². The summed E-state index contributed by atoms with van der Waals surface area (Å²) < 4.78 is 7.28. The van der Waals surface area contributed by atoms with Crippen molar-refractivity contribution in [3.05, 3.63) is 51.8 Å². The zero-order valence-corrected chi connectivity index (χ0v) is 15.1. The molecule has 5 rings (SSSR count). The van der Waals surface area contributed by atoms with Crippen molar-refractivity contribution >= 4 is 16.9 Å². The smallest absolute Gasteiger partial charge is 0.267 e. The number of hydrogen-bond donors (Lipinski definition) is 1. The second kappa shape index (κ2) is 6.38. The molecule has 1 aliphatic heterocycles. The summed E-state index contributed by atoms with van der Waals surface area (Å²) in [5.74, 6) is 1.35. The van der Waals surface area contributed by atoms with Gasteiger partial charge in [-0.15, -0.1) is 0 Å². The van der Waals surface area contributed by atoms with Crippen LogP contribution < -0.4 is 10.9 Å². The van der Waals surface area contributed by atoms with Gasteiger partial charge in [-0.1, -0.05) is 0 Å². The molecule has 0 aromatic carbocycles. The molecule has 1 saturated heterocycles. The van der Waals surface area contributed by atoms with E-state index in [0.29, 0.717) is 30.5 Å². The Morgan fingerprint density at radius 1 is 1.26 bits per heavy atom. The van der Waals surface area contributed by atoms with Crippen molar-refractivity contribution in [2.75, 3.05) is 18.5 Å². The summed E-state index contributed by atoms with van der Waals surface area (Å²) in [7, 11) is 0. The summed E-state index contributed by atoms with van der Waals surface area (Å²) in [6, 6.07) is 5.26. The second-order valence-corrected chi connectivity index (χ2v) is 7.10. The summed E-state index contributed by atoms with van der Waals surface area (Å²) in [6.45, 7) is 2.78. The van der Waals surface area contributed by atoms with Gasteiger partial charge in [-0.2, -0.15) is 5.10 Å². The molecule has 0 radical (unpaired) electrons. The number of rotatable bonds is 3. The number of nitrogens with zero attached hydrogens (tertiary/aromatic N) is 5. The van der Waals surface area contributed by atoms with Gasteiger partial charge < -0.3 is 10.1 Å². The highest BCUT2D eigenvalue weighted by molar-refractivity contribution is 5.86. The monoisotopic (exact) mass is 364 g/mol. The highest BCUT2D eigenvalue weighted by Gasteiger charge is 2.33. The maximum atomic E-state index is 12.6. The van der Waals surface area contributed by atoms with Crippen molar-refractivity contribution in [2.45, 2.75) is 38.3 Å². The van der Waals surface area contributed by atoms with Crippen molar-refractivity contribution in [1.82, 2.24) is 24.7 Å². The minimum absolute atomic E-state index is 0.0663. The average molecular weight is 364 g/mol. The van der Waals surface area contributed by atoms with Crippen LogP contribution in [0, 0.1) is 6.92 Å². The lowest BCUT2D eigenvalue weighted by Gasteiger charge is -2.22. The molecular formula is C19H20N6O2. The van der Waals surface area contributed by atoms with E-state index in [-0.39, 0.29) is 17.6 Å². The van der Waals surface area contributed by atoms with Gasteiger partial charge in [-0.05, 0) is 43.9 Å². The van der Waals surface area contributed by atoms with Crippen molar-refractivity contribution in [3.63, 3.8) is 0 Å². The predicted octanol–water partition coefficient (Wildman–Crippen LogP) is 1.43. The molecule has 1 fully saturated rings. The largest absolute Gasteiger partial charge is 0.377 e. The minimum Gasteiger partial charge on any atom is -0.377 e. The lowest BCUT2D eigenvalue weighted by atomic mass is 10.1. The van der Waals surface area contributed by atoms with E-state index < -0.39 is 0 Å². The molecule has 138 valence electrons. The fraction of sp³-hybridized carbons (Fsp3) is 0.421. The van der Waals surface area contributed by atoms with E-state index in [9.17, 15) is 4.79 Å². The van der Waals surface area contributed by atoms with Gasteiger partial charge in [0, 0.05) is 12.3 Å². The van der Waals surface area contributed by atoms with Crippen LogP contribution in [0.4, 0.5) is 5.82 Å². The summed E-state index contributed by atoms with van der Waals surface area (Å²) >= 11 is 0. The number of nitrogens with one attached hydrogen (secondary N) is 1. The third-order valence-electron chi connectivity index (χ3n) is 5.25. The normalized spacial score (nSPS) is 21.5. The lowest BCUT2D eigenvalue weighted by Crippen LogP contribution is -2.38. The number of pyridine rings is 1. The van der Waals surface area contributed by atoms with E-state index >= 15 is 0 Å². The van der Waals surface area contributed by atoms with Gasteiger partial charge >= 0.3 is 0 Å². The Bertz CT molecular complexity index is 1080. The molecule has 1 aliphatic carbocycles. The number of aryl methyl sites for hydroxylation is 3. The summed E-state index contributed by atoms with van der Waals surface area (Å²) in [4.78, 5) is 25.9. The lowest BCUT2D eigenvalue weighted by molar-refractivity contribution is 0.182. The molecule has 0 spiro atoms. The summed E-state index contributed by atoms with van der Waals surface area (Å²) in [5, 5.41) is 8.95. The molecule has 1 N–H and O–H groups in total. The quantitative estimate of drug-likeness (QED) is 0.751. The average Bonchev–Trinajstić information content (AvgIpc) is 3.29. The van der Waals surface area contributed by atoms with Gasteiger partial charge in [0.1, 0.15) is 17.7 Å². The first-order valence-electron chi connectivity index (χ1n) is 9.24. The van der Waals surface area contributed by atoms with Crippen LogP contribution in [0.3, 0.4) is 0 Å². The number of ether oxygens (including phenoxy) is 1. The molecule has 2 aliphatic rings. The van der Waals surface area contributed by atoms with E-state index in [4.69, 9.17) is 4.74 Å². The van der Waals surface area contributed by atoms with Crippen LogP contribution in [0.5, 0.6) is 0 Å². The zero-order valence-electron chi connectivity index (χ0n) is 15.1. The molecule has 0 amide bonds. The Labute approximate surface area is 155 Å². The van der Waals surface area contributed by atoms with Gasteiger partial charge in [0.15, 0.2) is 5.65 Å². The molecule has 2 atom stereocenters. The van der Waals surface area contributed by atoms with Crippen LogP contribution in [-0.4, -0.2) is 44.0 Å². The summed E-state index contributed by atoms with van der Waals surface area (Å²) in [5.41, 5.74) is 2.70. The maximum Gasteiger partial charge on any atom is 0.267 e. The number of anilines is 1. The first kappa shape index (κ1) is 16.3. The van der Waals surface area contributed by atoms with E-state index in [1.165, 1.54) is 0 Å². The number of hydrogen-bond acceptors (Lipinski definition) is 7. The van der Waals surface area contributed by atoms with Crippen molar-refractivity contribution < 1.29 is 4.74 Å². The zero-order chi connectivity index (χ0) is 18.4. The molecule has 8 nitrogen and oxygen atoms in total. The van der Waals surface area contributed by atoms with E-state index in [2.05, 4.69) is 25.4 Å².